The second-order valence-electron chi connectivity index (χ2n) is 6.26. The predicted molar refractivity (Wildman–Crippen MR) is 109 cm³/mol. The van der Waals surface area contributed by atoms with E-state index in [1.165, 1.54) is 24.8 Å². The first kappa shape index (κ1) is 17.9. The van der Waals surface area contributed by atoms with Gasteiger partial charge < -0.3 is 10.2 Å². The molecular weight excluding hydrogens is 350 g/mol. The van der Waals surface area contributed by atoms with Crippen LogP contribution in [-0.4, -0.2) is 21.5 Å². The summed E-state index contributed by atoms with van der Waals surface area (Å²) in [5, 5.41) is 4.77. The third kappa shape index (κ3) is 5.55. The van der Waals surface area contributed by atoms with Crippen LogP contribution in [0, 0.1) is 0 Å². The molecule has 0 unspecified atom stereocenters. The molecule has 25 heavy (non-hydrogen) atoms. The normalized spacial score (nSPS) is 13.9. The van der Waals surface area contributed by atoms with Crippen molar-refractivity contribution in [3.63, 3.8) is 0 Å². The van der Waals surface area contributed by atoms with Gasteiger partial charge in [0.25, 0.3) is 0 Å². The van der Waals surface area contributed by atoms with E-state index in [0.717, 1.165) is 40.9 Å². The molecule has 2 aromatic rings. The lowest BCUT2D eigenvalue weighted by atomic mass is 9.99. The third-order valence-corrected chi connectivity index (χ3v) is 4.87. The van der Waals surface area contributed by atoms with Crippen LogP contribution in [0.1, 0.15) is 31.2 Å². The number of thiocarbonyl (C=S) groups is 1. The Morgan fingerprint density at radius 1 is 1.16 bits per heavy atom. The van der Waals surface area contributed by atoms with Crippen LogP contribution in [-0.2, 0) is 6.54 Å². The molecule has 0 saturated heterocycles. The second kappa shape index (κ2) is 8.97. The number of hydrogen-bond donors (Lipinski definition) is 1. The van der Waals surface area contributed by atoms with Gasteiger partial charge in [-0.15, -0.1) is 0 Å². The summed E-state index contributed by atoms with van der Waals surface area (Å²) in [5.74, 6) is 0. The summed E-state index contributed by atoms with van der Waals surface area (Å²) in [4.78, 5) is 6.42. The van der Waals surface area contributed by atoms with Gasteiger partial charge in [0.05, 0.1) is 0 Å². The zero-order valence-corrected chi connectivity index (χ0v) is 15.7. The topological polar surface area (TPSA) is 28.2 Å². The van der Waals surface area contributed by atoms with E-state index in [9.17, 15) is 0 Å². The number of aromatic nitrogens is 1. The van der Waals surface area contributed by atoms with Gasteiger partial charge in [-0.3, -0.25) is 4.98 Å². The van der Waals surface area contributed by atoms with Crippen LogP contribution >= 0.6 is 23.8 Å². The van der Waals surface area contributed by atoms with E-state index in [-0.39, 0.29) is 0 Å². The summed E-state index contributed by atoms with van der Waals surface area (Å²) in [6, 6.07) is 11.7. The highest BCUT2D eigenvalue weighted by atomic mass is 35.5. The maximum Gasteiger partial charge on any atom is 0.174 e. The van der Waals surface area contributed by atoms with Gasteiger partial charge in [-0.1, -0.05) is 29.3 Å². The summed E-state index contributed by atoms with van der Waals surface area (Å²) in [7, 11) is 0. The second-order valence-corrected chi connectivity index (χ2v) is 7.09. The van der Waals surface area contributed by atoms with Crippen molar-refractivity contribution in [3.05, 3.63) is 71.0 Å². The van der Waals surface area contributed by atoms with Crippen LogP contribution in [0.15, 0.2) is 60.4 Å². The molecule has 0 radical (unpaired) electrons. The van der Waals surface area contributed by atoms with E-state index < -0.39 is 0 Å². The molecule has 0 bridgehead atoms. The molecule has 1 aromatic heterocycles. The van der Waals surface area contributed by atoms with Crippen molar-refractivity contribution in [1.29, 1.82) is 0 Å². The van der Waals surface area contributed by atoms with Gasteiger partial charge in [0, 0.05) is 36.2 Å². The molecule has 0 saturated carbocycles. The quantitative estimate of drug-likeness (QED) is 0.560. The van der Waals surface area contributed by atoms with Gasteiger partial charge in [0.1, 0.15) is 0 Å². The number of anilines is 1. The van der Waals surface area contributed by atoms with E-state index in [1.807, 2.05) is 36.5 Å². The van der Waals surface area contributed by atoms with Gasteiger partial charge in [0.15, 0.2) is 5.11 Å². The van der Waals surface area contributed by atoms with Gasteiger partial charge >= 0.3 is 0 Å². The molecule has 1 aliphatic carbocycles. The number of halogens is 1. The fourth-order valence-corrected chi connectivity index (χ4v) is 3.31. The monoisotopic (exact) mass is 371 g/mol. The molecule has 1 heterocycles. The zero-order chi connectivity index (χ0) is 17.5. The molecule has 130 valence electrons. The van der Waals surface area contributed by atoms with Crippen molar-refractivity contribution in [2.24, 2.45) is 0 Å². The molecule has 0 aliphatic heterocycles. The van der Waals surface area contributed by atoms with Crippen molar-refractivity contribution in [3.8, 4) is 0 Å². The molecule has 3 rings (SSSR count). The largest absolute Gasteiger partial charge is 0.341 e. The maximum atomic E-state index is 5.96. The molecule has 0 atom stereocenters. The average molecular weight is 372 g/mol. The number of allylic oxidation sites excluding steroid dienone is 1. The van der Waals surface area contributed by atoms with E-state index in [0.29, 0.717) is 0 Å². The van der Waals surface area contributed by atoms with Crippen LogP contribution in [0.4, 0.5) is 5.69 Å². The van der Waals surface area contributed by atoms with E-state index >= 15 is 0 Å². The van der Waals surface area contributed by atoms with Crippen molar-refractivity contribution >= 4 is 34.6 Å². The van der Waals surface area contributed by atoms with Gasteiger partial charge in [-0.2, -0.15) is 0 Å². The number of pyridine rings is 1. The summed E-state index contributed by atoms with van der Waals surface area (Å²) in [6.45, 7) is 1.60. The fraction of sp³-hybridized carbons (Fsp3) is 0.300. The van der Waals surface area contributed by atoms with Gasteiger partial charge in [0.2, 0.25) is 0 Å². The average Bonchev–Trinajstić information content (AvgIpc) is 2.65. The smallest absolute Gasteiger partial charge is 0.174 e. The van der Waals surface area contributed by atoms with Crippen LogP contribution in [0.25, 0.3) is 0 Å². The lowest BCUT2D eigenvalue weighted by Gasteiger charge is -2.28. The highest BCUT2D eigenvalue weighted by Gasteiger charge is 2.14. The minimum Gasteiger partial charge on any atom is -0.341 e. The van der Waals surface area contributed by atoms with Crippen LogP contribution in [0.5, 0.6) is 0 Å². The standard InChI is InChI=1S/C20H22ClN3S/c21-18-8-10-19(11-9-18)23-20(25)24(14-16-5-2-1-3-6-16)15-17-7-4-12-22-13-17/h4-5,7-13H,1-3,6,14-15H2,(H,23,25). The number of nitrogens with zero attached hydrogens (tertiary/aromatic N) is 2. The summed E-state index contributed by atoms with van der Waals surface area (Å²) < 4.78 is 0. The van der Waals surface area contributed by atoms with E-state index in [1.54, 1.807) is 6.20 Å². The van der Waals surface area contributed by atoms with Crippen molar-refractivity contribution < 1.29 is 0 Å². The maximum absolute atomic E-state index is 5.96. The molecule has 0 spiro atoms. The predicted octanol–water partition coefficient (Wildman–Crippen LogP) is 5.43. The summed E-state index contributed by atoms with van der Waals surface area (Å²) in [6.07, 6.45) is 10.9. The molecule has 0 amide bonds. The van der Waals surface area contributed by atoms with Crippen molar-refractivity contribution in [1.82, 2.24) is 9.88 Å². The number of nitrogens with one attached hydrogen (secondary N) is 1. The molecule has 3 nitrogen and oxygen atoms in total. The third-order valence-electron chi connectivity index (χ3n) is 4.26. The van der Waals surface area contributed by atoms with Crippen LogP contribution < -0.4 is 5.32 Å². The number of benzene rings is 1. The summed E-state index contributed by atoms with van der Waals surface area (Å²) in [5.41, 5.74) is 3.57. The van der Waals surface area contributed by atoms with E-state index in [2.05, 4.69) is 27.3 Å². The first-order chi connectivity index (χ1) is 12.2. The minimum absolute atomic E-state index is 0.719. The SMILES string of the molecule is S=C(Nc1ccc(Cl)cc1)N(CC1=CCCCC1)Cc1cccnc1. The Labute approximate surface area is 159 Å². The number of hydrogen-bond acceptors (Lipinski definition) is 2. The summed E-state index contributed by atoms with van der Waals surface area (Å²) >= 11 is 11.7. The Bertz CT molecular complexity index is 728. The van der Waals surface area contributed by atoms with Crippen molar-refractivity contribution in [2.45, 2.75) is 32.2 Å². The Kier molecular flexibility index (Phi) is 6.42. The fourth-order valence-electron chi connectivity index (χ4n) is 2.94. The Balaban J connectivity index is 1.72. The molecular formula is C20H22ClN3S. The first-order valence-corrected chi connectivity index (χ1v) is 9.37. The molecule has 0 fully saturated rings. The lowest BCUT2D eigenvalue weighted by molar-refractivity contribution is 0.440. The molecule has 1 N–H and O–H groups in total. The molecule has 1 aliphatic rings. The van der Waals surface area contributed by atoms with Gasteiger partial charge in [-0.05, 0) is 73.8 Å². The van der Waals surface area contributed by atoms with Crippen LogP contribution in [0.3, 0.4) is 0 Å². The highest BCUT2D eigenvalue weighted by Crippen LogP contribution is 2.20. The lowest BCUT2D eigenvalue weighted by Crippen LogP contribution is -2.36. The Morgan fingerprint density at radius 2 is 2.00 bits per heavy atom. The molecule has 1 aromatic carbocycles. The molecule has 5 heteroatoms. The van der Waals surface area contributed by atoms with Crippen LogP contribution in [0.2, 0.25) is 5.02 Å². The Hall–Kier alpha value is -1.91. The number of rotatable bonds is 5. The zero-order valence-electron chi connectivity index (χ0n) is 14.1. The van der Waals surface area contributed by atoms with E-state index in [4.69, 9.17) is 23.8 Å². The Morgan fingerprint density at radius 3 is 2.68 bits per heavy atom. The van der Waals surface area contributed by atoms with Crippen molar-refractivity contribution in [2.75, 3.05) is 11.9 Å². The minimum atomic E-state index is 0.719. The van der Waals surface area contributed by atoms with Gasteiger partial charge in [-0.25, -0.2) is 0 Å². The highest BCUT2D eigenvalue weighted by molar-refractivity contribution is 7.80. The first-order valence-electron chi connectivity index (χ1n) is 8.59.